The van der Waals surface area contributed by atoms with Gasteiger partial charge in [-0.2, -0.15) is 0 Å². The molecule has 0 saturated carbocycles. The van der Waals surface area contributed by atoms with Crippen molar-refractivity contribution in [3.05, 3.63) is 34.7 Å². The Morgan fingerprint density at radius 3 is 2.90 bits per heavy atom. The molecule has 1 fully saturated rings. The topological polar surface area (TPSA) is 76.3 Å². The first kappa shape index (κ1) is 13.8. The van der Waals surface area contributed by atoms with Gasteiger partial charge < -0.3 is 10.6 Å². The standard InChI is InChI=1S/C15H15N3O2S/c1-9-17-13(8-21-9)10-3-2-4-12(5-10)18-7-11(15(16)20)6-14(18)19/h2-5,8,11H,6-7H2,1H3,(H2,16,20). The molecule has 0 bridgehead atoms. The second kappa shape index (κ2) is 5.29. The fourth-order valence-electron chi connectivity index (χ4n) is 2.48. The normalized spacial score (nSPS) is 18.2. The van der Waals surface area contributed by atoms with E-state index in [-0.39, 0.29) is 12.3 Å². The fraction of sp³-hybridized carbons (Fsp3) is 0.267. The Labute approximate surface area is 126 Å². The van der Waals surface area contributed by atoms with Gasteiger partial charge in [0.1, 0.15) is 0 Å². The fourth-order valence-corrected chi connectivity index (χ4v) is 3.10. The molecule has 2 heterocycles. The Bertz CT molecular complexity index is 710. The summed E-state index contributed by atoms with van der Waals surface area (Å²) in [6, 6.07) is 7.65. The molecule has 2 N–H and O–H groups in total. The molecular weight excluding hydrogens is 286 g/mol. The molecule has 1 aromatic carbocycles. The number of carbonyl (C=O) groups excluding carboxylic acids is 2. The van der Waals surface area contributed by atoms with Crippen LogP contribution in [0.25, 0.3) is 11.3 Å². The van der Waals surface area contributed by atoms with Crippen LogP contribution in [-0.2, 0) is 9.59 Å². The monoisotopic (exact) mass is 301 g/mol. The van der Waals surface area contributed by atoms with Gasteiger partial charge in [0.15, 0.2) is 0 Å². The molecule has 1 unspecified atom stereocenters. The average molecular weight is 301 g/mol. The highest BCUT2D eigenvalue weighted by Gasteiger charge is 2.33. The van der Waals surface area contributed by atoms with Gasteiger partial charge in [-0.15, -0.1) is 11.3 Å². The number of benzene rings is 1. The predicted octanol–water partition coefficient (Wildman–Crippen LogP) is 1.96. The molecule has 6 heteroatoms. The second-order valence-electron chi connectivity index (χ2n) is 5.11. The molecule has 1 atom stereocenters. The van der Waals surface area contributed by atoms with Crippen LogP contribution in [0, 0.1) is 12.8 Å². The van der Waals surface area contributed by atoms with Crippen molar-refractivity contribution in [2.24, 2.45) is 11.7 Å². The number of thiazole rings is 1. The number of nitrogens with zero attached hydrogens (tertiary/aromatic N) is 2. The number of aromatic nitrogens is 1. The van der Waals surface area contributed by atoms with E-state index in [0.717, 1.165) is 22.0 Å². The maximum absolute atomic E-state index is 12.0. The molecule has 0 aliphatic carbocycles. The molecular formula is C15H15N3O2S. The van der Waals surface area contributed by atoms with Crippen LogP contribution in [0.3, 0.4) is 0 Å². The Morgan fingerprint density at radius 2 is 2.29 bits per heavy atom. The van der Waals surface area contributed by atoms with E-state index in [1.54, 1.807) is 16.2 Å². The van der Waals surface area contributed by atoms with Gasteiger partial charge in [0.05, 0.1) is 16.6 Å². The zero-order chi connectivity index (χ0) is 15.0. The van der Waals surface area contributed by atoms with Crippen LogP contribution in [-0.4, -0.2) is 23.3 Å². The largest absolute Gasteiger partial charge is 0.369 e. The van der Waals surface area contributed by atoms with E-state index >= 15 is 0 Å². The van der Waals surface area contributed by atoms with Gasteiger partial charge in [0.2, 0.25) is 11.8 Å². The Morgan fingerprint density at radius 1 is 1.48 bits per heavy atom. The second-order valence-corrected chi connectivity index (χ2v) is 6.17. The molecule has 0 spiro atoms. The predicted molar refractivity (Wildman–Crippen MR) is 81.9 cm³/mol. The molecule has 2 amide bonds. The number of hydrogen-bond donors (Lipinski definition) is 1. The summed E-state index contributed by atoms with van der Waals surface area (Å²) >= 11 is 1.59. The number of hydrogen-bond acceptors (Lipinski definition) is 4. The van der Waals surface area contributed by atoms with Crippen molar-refractivity contribution >= 4 is 28.8 Å². The summed E-state index contributed by atoms with van der Waals surface area (Å²) in [7, 11) is 0. The lowest BCUT2D eigenvalue weighted by Crippen LogP contribution is -2.28. The summed E-state index contributed by atoms with van der Waals surface area (Å²) in [5.41, 5.74) is 7.95. The number of rotatable bonds is 3. The van der Waals surface area contributed by atoms with Crippen molar-refractivity contribution < 1.29 is 9.59 Å². The Hall–Kier alpha value is -2.21. The Balaban J connectivity index is 1.90. The van der Waals surface area contributed by atoms with Crippen LogP contribution in [0.15, 0.2) is 29.6 Å². The first-order valence-corrected chi connectivity index (χ1v) is 7.55. The zero-order valence-corrected chi connectivity index (χ0v) is 12.4. The van der Waals surface area contributed by atoms with Crippen LogP contribution in [0.2, 0.25) is 0 Å². The van der Waals surface area contributed by atoms with Gasteiger partial charge in [-0.1, -0.05) is 12.1 Å². The lowest BCUT2D eigenvalue weighted by atomic mass is 10.1. The van der Waals surface area contributed by atoms with Gasteiger partial charge in [-0.3, -0.25) is 9.59 Å². The smallest absolute Gasteiger partial charge is 0.227 e. The molecule has 108 valence electrons. The number of amides is 2. The minimum Gasteiger partial charge on any atom is -0.369 e. The van der Waals surface area contributed by atoms with Crippen molar-refractivity contribution in [2.45, 2.75) is 13.3 Å². The Kier molecular flexibility index (Phi) is 3.47. The summed E-state index contributed by atoms with van der Waals surface area (Å²) in [6.07, 6.45) is 0.190. The van der Waals surface area contributed by atoms with Crippen molar-refractivity contribution in [3.8, 4) is 11.3 Å². The van der Waals surface area contributed by atoms with Gasteiger partial charge in [0, 0.05) is 29.6 Å². The van der Waals surface area contributed by atoms with Gasteiger partial charge >= 0.3 is 0 Å². The first-order chi connectivity index (χ1) is 10.0. The highest BCUT2D eigenvalue weighted by Crippen LogP contribution is 2.29. The summed E-state index contributed by atoms with van der Waals surface area (Å²) in [5, 5.41) is 2.99. The molecule has 0 radical (unpaired) electrons. The number of anilines is 1. The van der Waals surface area contributed by atoms with Crippen molar-refractivity contribution in [1.29, 1.82) is 0 Å². The van der Waals surface area contributed by atoms with E-state index in [0.29, 0.717) is 6.54 Å². The number of carbonyl (C=O) groups is 2. The van der Waals surface area contributed by atoms with Crippen LogP contribution in [0.1, 0.15) is 11.4 Å². The third kappa shape index (κ3) is 2.67. The van der Waals surface area contributed by atoms with E-state index in [2.05, 4.69) is 4.98 Å². The lowest BCUT2D eigenvalue weighted by molar-refractivity contribution is -0.123. The summed E-state index contributed by atoms with van der Waals surface area (Å²) in [4.78, 5) is 29.4. The summed E-state index contributed by atoms with van der Waals surface area (Å²) < 4.78 is 0. The van der Waals surface area contributed by atoms with Crippen LogP contribution in [0.4, 0.5) is 5.69 Å². The minimum atomic E-state index is -0.419. The van der Waals surface area contributed by atoms with E-state index in [1.165, 1.54) is 0 Å². The summed E-state index contributed by atoms with van der Waals surface area (Å²) in [5.74, 6) is -0.884. The third-order valence-electron chi connectivity index (χ3n) is 3.60. The maximum Gasteiger partial charge on any atom is 0.227 e. The number of nitrogens with two attached hydrogens (primary N) is 1. The molecule has 1 aromatic heterocycles. The van der Waals surface area contributed by atoms with E-state index < -0.39 is 11.8 Å². The van der Waals surface area contributed by atoms with Gasteiger partial charge in [0.25, 0.3) is 0 Å². The molecule has 1 aliphatic rings. The first-order valence-electron chi connectivity index (χ1n) is 6.67. The van der Waals surface area contributed by atoms with E-state index in [4.69, 9.17) is 5.73 Å². The van der Waals surface area contributed by atoms with Crippen molar-refractivity contribution in [2.75, 3.05) is 11.4 Å². The third-order valence-corrected chi connectivity index (χ3v) is 4.37. The zero-order valence-electron chi connectivity index (χ0n) is 11.6. The quantitative estimate of drug-likeness (QED) is 0.941. The van der Waals surface area contributed by atoms with Gasteiger partial charge in [-0.05, 0) is 19.1 Å². The molecule has 21 heavy (non-hydrogen) atoms. The number of primary amides is 1. The van der Waals surface area contributed by atoms with E-state index in [9.17, 15) is 9.59 Å². The lowest BCUT2D eigenvalue weighted by Gasteiger charge is -2.17. The highest BCUT2D eigenvalue weighted by atomic mass is 32.1. The molecule has 3 rings (SSSR count). The minimum absolute atomic E-state index is 0.0644. The van der Waals surface area contributed by atoms with Crippen molar-refractivity contribution in [1.82, 2.24) is 4.98 Å². The van der Waals surface area contributed by atoms with Crippen LogP contribution >= 0.6 is 11.3 Å². The summed E-state index contributed by atoms with van der Waals surface area (Å²) in [6.45, 7) is 2.31. The maximum atomic E-state index is 12.0. The van der Waals surface area contributed by atoms with Crippen LogP contribution in [0.5, 0.6) is 0 Å². The molecule has 1 saturated heterocycles. The molecule has 2 aromatic rings. The van der Waals surface area contributed by atoms with Crippen molar-refractivity contribution in [3.63, 3.8) is 0 Å². The SMILES string of the molecule is Cc1nc(-c2cccc(N3CC(C(N)=O)CC3=O)c2)cs1. The molecule has 1 aliphatic heterocycles. The number of aryl methyl sites for hydroxylation is 1. The van der Waals surface area contributed by atoms with Crippen LogP contribution < -0.4 is 10.6 Å². The highest BCUT2D eigenvalue weighted by molar-refractivity contribution is 7.09. The van der Waals surface area contributed by atoms with Gasteiger partial charge in [-0.25, -0.2) is 4.98 Å². The average Bonchev–Trinajstić information content (AvgIpc) is 3.05. The van der Waals surface area contributed by atoms with E-state index in [1.807, 2.05) is 36.6 Å². The molecule has 5 nitrogen and oxygen atoms in total.